The van der Waals surface area contributed by atoms with E-state index in [9.17, 15) is 5.39 Å². The highest BCUT2D eigenvalue weighted by molar-refractivity contribution is 5.68. The first-order chi connectivity index (χ1) is 13.3. The van der Waals surface area contributed by atoms with Gasteiger partial charge >= 0.3 is 5.69 Å². The lowest BCUT2D eigenvalue weighted by Gasteiger charge is -2.10. The highest BCUT2D eigenvalue weighted by Gasteiger charge is 2.25. The van der Waals surface area contributed by atoms with Crippen LogP contribution in [0.1, 0.15) is 83.6 Å². The zero-order valence-corrected chi connectivity index (χ0v) is 17.2. The van der Waals surface area contributed by atoms with Gasteiger partial charge in [0.1, 0.15) is 0 Å². The van der Waals surface area contributed by atoms with E-state index in [1.807, 2.05) is 12.1 Å². The topological polar surface area (TPSA) is 66.8 Å². The van der Waals surface area contributed by atoms with Crippen LogP contribution in [0.3, 0.4) is 0 Å². The Hall–Kier alpha value is -1.80. The number of rotatable bonds is 16. The SMILES string of the molecule is CCCCCCOc1cc(CCCCO)cc(OCCCCCC)c1[N+]#N. The summed E-state index contributed by atoms with van der Waals surface area (Å²) in [6.45, 7) is 5.79. The van der Waals surface area contributed by atoms with Crippen LogP contribution < -0.4 is 9.47 Å². The van der Waals surface area contributed by atoms with Gasteiger partial charge in [0.2, 0.25) is 16.9 Å². The molecule has 1 aromatic rings. The Morgan fingerprint density at radius 3 is 1.81 bits per heavy atom. The lowest BCUT2D eigenvalue weighted by Crippen LogP contribution is -2.02. The third kappa shape index (κ3) is 9.63. The van der Waals surface area contributed by atoms with Gasteiger partial charge in [-0.15, -0.1) is 0 Å². The minimum atomic E-state index is 0.200. The van der Waals surface area contributed by atoms with Crippen LogP contribution in [0.25, 0.3) is 4.98 Å². The van der Waals surface area contributed by atoms with Crippen molar-refractivity contribution >= 4 is 5.69 Å². The van der Waals surface area contributed by atoms with Crippen LogP contribution in [-0.4, -0.2) is 24.9 Å². The molecule has 5 heteroatoms. The third-order valence-electron chi connectivity index (χ3n) is 4.58. The average Bonchev–Trinajstić information content (AvgIpc) is 2.68. The smallest absolute Gasteiger partial charge is 0.467 e. The monoisotopic (exact) mass is 377 g/mol. The predicted octanol–water partition coefficient (Wildman–Crippen LogP) is 6.40. The maximum absolute atomic E-state index is 9.52. The molecule has 0 saturated carbocycles. The van der Waals surface area contributed by atoms with Crippen molar-refractivity contribution in [3.8, 4) is 11.5 Å². The molecule has 1 aromatic carbocycles. The van der Waals surface area contributed by atoms with Gasteiger partial charge in [0, 0.05) is 6.61 Å². The van der Waals surface area contributed by atoms with Crippen molar-refractivity contribution in [1.29, 1.82) is 5.39 Å². The minimum Gasteiger partial charge on any atom is -0.486 e. The van der Waals surface area contributed by atoms with Crippen molar-refractivity contribution in [2.24, 2.45) is 0 Å². The number of unbranched alkanes of at least 4 members (excludes halogenated alkanes) is 7. The molecule has 152 valence electrons. The second kappa shape index (κ2) is 15.3. The molecule has 0 saturated heterocycles. The second-order valence-corrected chi connectivity index (χ2v) is 7.04. The first kappa shape index (κ1) is 23.2. The normalized spacial score (nSPS) is 10.6. The van der Waals surface area contributed by atoms with Crippen molar-refractivity contribution in [3.05, 3.63) is 22.7 Å². The molecule has 1 rings (SSSR count). The number of aliphatic hydroxyl groups excluding tert-OH is 1. The summed E-state index contributed by atoms with van der Waals surface area (Å²) in [5.41, 5.74) is 1.47. The van der Waals surface area contributed by atoms with Gasteiger partial charge in [0.25, 0.3) is 0 Å². The number of ether oxygens (including phenoxy) is 2. The molecule has 1 N–H and O–H groups in total. The van der Waals surface area contributed by atoms with Gasteiger partial charge in [-0.2, -0.15) is 0 Å². The average molecular weight is 378 g/mol. The van der Waals surface area contributed by atoms with E-state index >= 15 is 0 Å². The maximum atomic E-state index is 9.52. The predicted molar refractivity (Wildman–Crippen MR) is 110 cm³/mol. The molecule has 27 heavy (non-hydrogen) atoms. The lowest BCUT2D eigenvalue weighted by molar-refractivity contribution is 0.284. The fraction of sp³-hybridized carbons (Fsp3) is 0.727. The molecule has 0 aliphatic heterocycles. The molecule has 0 amide bonds. The van der Waals surface area contributed by atoms with Gasteiger partial charge in [-0.25, -0.2) is 0 Å². The quantitative estimate of drug-likeness (QED) is 0.267. The van der Waals surface area contributed by atoms with Crippen molar-refractivity contribution < 1.29 is 14.6 Å². The van der Waals surface area contributed by atoms with E-state index in [1.54, 1.807) is 0 Å². The van der Waals surface area contributed by atoms with E-state index in [-0.39, 0.29) is 6.61 Å². The number of hydrogen-bond donors (Lipinski definition) is 1. The number of nitrogens with zero attached hydrogens (tertiary/aromatic N) is 2. The molecule has 0 bridgehead atoms. The van der Waals surface area contributed by atoms with Crippen LogP contribution in [0.2, 0.25) is 0 Å². The van der Waals surface area contributed by atoms with Gasteiger partial charge in [-0.1, -0.05) is 52.4 Å². The molecule has 0 spiro atoms. The van der Waals surface area contributed by atoms with E-state index < -0.39 is 0 Å². The Balaban J connectivity index is 2.80. The number of aryl methyl sites for hydroxylation is 1. The largest absolute Gasteiger partial charge is 0.486 e. The zero-order chi connectivity index (χ0) is 19.7. The molecule has 0 radical (unpaired) electrons. The summed E-state index contributed by atoms with van der Waals surface area (Å²) in [6, 6.07) is 3.88. The third-order valence-corrected chi connectivity index (χ3v) is 4.58. The fourth-order valence-corrected chi connectivity index (χ4v) is 2.96. The Morgan fingerprint density at radius 2 is 1.37 bits per heavy atom. The zero-order valence-electron chi connectivity index (χ0n) is 17.2. The Labute approximate surface area is 164 Å². The van der Waals surface area contributed by atoms with E-state index in [1.165, 1.54) is 25.7 Å². The van der Waals surface area contributed by atoms with E-state index in [0.29, 0.717) is 30.4 Å². The van der Waals surface area contributed by atoms with Gasteiger partial charge < -0.3 is 14.6 Å². The molecule has 0 aromatic heterocycles. The molecule has 0 aliphatic carbocycles. The van der Waals surface area contributed by atoms with E-state index in [2.05, 4.69) is 18.8 Å². The van der Waals surface area contributed by atoms with Crippen LogP contribution in [0.15, 0.2) is 12.1 Å². The van der Waals surface area contributed by atoms with E-state index in [4.69, 9.17) is 14.6 Å². The molecule has 0 aliphatic rings. The molecule has 5 nitrogen and oxygen atoms in total. The lowest BCUT2D eigenvalue weighted by atomic mass is 10.1. The highest BCUT2D eigenvalue weighted by atomic mass is 16.5. The molecule has 0 unspecified atom stereocenters. The van der Waals surface area contributed by atoms with Gasteiger partial charge in [0.15, 0.2) is 4.98 Å². The Bertz CT molecular complexity index is 520. The Kier molecular flexibility index (Phi) is 13.1. The standard InChI is InChI=1S/C22H37N2O3/c1-3-5-7-11-15-26-20-17-19(13-9-10-14-25)18-21(22(20)24-23)27-16-12-8-6-4-2/h17-18,25H,3-16H2,1-2H3/q+1. The maximum Gasteiger partial charge on any atom is 0.467 e. The van der Waals surface area contributed by atoms with Gasteiger partial charge in [-0.3, -0.25) is 0 Å². The van der Waals surface area contributed by atoms with Gasteiger partial charge in [0.05, 0.1) is 13.2 Å². The van der Waals surface area contributed by atoms with Crippen molar-refractivity contribution in [2.75, 3.05) is 19.8 Å². The first-order valence-corrected chi connectivity index (χ1v) is 10.6. The van der Waals surface area contributed by atoms with Crippen LogP contribution in [-0.2, 0) is 6.42 Å². The first-order valence-electron chi connectivity index (χ1n) is 10.6. The number of diazo groups is 1. The second-order valence-electron chi connectivity index (χ2n) is 7.04. The molecule has 0 heterocycles. The fourth-order valence-electron chi connectivity index (χ4n) is 2.96. The molecular weight excluding hydrogens is 340 g/mol. The van der Waals surface area contributed by atoms with Gasteiger partial charge in [-0.05, 0) is 49.8 Å². The highest BCUT2D eigenvalue weighted by Crippen LogP contribution is 2.39. The molecular formula is C22H37N2O3+. The summed E-state index contributed by atoms with van der Waals surface area (Å²) < 4.78 is 11.8. The van der Waals surface area contributed by atoms with Crippen LogP contribution >= 0.6 is 0 Å². The van der Waals surface area contributed by atoms with Crippen LogP contribution in [0.5, 0.6) is 11.5 Å². The summed E-state index contributed by atoms with van der Waals surface area (Å²) in [6.07, 6.45) is 11.5. The summed E-state index contributed by atoms with van der Waals surface area (Å²) in [5.74, 6) is 1.16. The number of hydrogen-bond acceptors (Lipinski definition) is 4. The molecule has 0 atom stereocenters. The van der Waals surface area contributed by atoms with Crippen molar-refractivity contribution in [3.63, 3.8) is 0 Å². The van der Waals surface area contributed by atoms with E-state index in [0.717, 1.165) is 50.5 Å². The van der Waals surface area contributed by atoms with Crippen molar-refractivity contribution in [2.45, 2.75) is 84.5 Å². The number of benzene rings is 1. The summed E-state index contributed by atoms with van der Waals surface area (Å²) in [5, 5.41) is 18.5. The van der Waals surface area contributed by atoms with Crippen LogP contribution in [0, 0.1) is 5.39 Å². The summed E-state index contributed by atoms with van der Waals surface area (Å²) in [4.78, 5) is 3.45. The number of aliphatic hydroxyl groups is 1. The Morgan fingerprint density at radius 1 is 0.815 bits per heavy atom. The summed E-state index contributed by atoms with van der Waals surface area (Å²) in [7, 11) is 0. The van der Waals surface area contributed by atoms with Crippen molar-refractivity contribution in [1.82, 2.24) is 0 Å². The minimum absolute atomic E-state index is 0.200. The van der Waals surface area contributed by atoms with Crippen LogP contribution in [0.4, 0.5) is 5.69 Å². The summed E-state index contributed by atoms with van der Waals surface area (Å²) >= 11 is 0. The molecule has 0 fully saturated rings.